The Morgan fingerprint density at radius 3 is 2.48 bits per heavy atom. The van der Waals surface area contributed by atoms with Crippen molar-refractivity contribution in [3.8, 4) is 0 Å². The fourth-order valence-electron chi connectivity index (χ4n) is 4.13. The normalized spacial score (nSPS) is 18.5. The predicted molar refractivity (Wildman–Crippen MR) is 127 cm³/mol. The van der Waals surface area contributed by atoms with Gasteiger partial charge in [0.05, 0.1) is 16.1 Å². The number of hydrogen-bond acceptors (Lipinski definition) is 5. The van der Waals surface area contributed by atoms with Crippen molar-refractivity contribution in [2.75, 3.05) is 30.9 Å². The van der Waals surface area contributed by atoms with Crippen LogP contribution in [0.4, 0.5) is 11.8 Å². The lowest BCUT2D eigenvalue weighted by Crippen LogP contribution is -2.38. The van der Waals surface area contributed by atoms with Crippen LogP contribution in [-0.4, -0.2) is 42.6 Å². The van der Waals surface area contributed by atoms with Crippen LogP contribution in [0.25, 0.3) is 10.9 Å². The maximum absolute atomic E-state index is 12.5. The number of benzene rings is 2. The third-order valence-corrected chi connectivity index (χ3v) is 6.19. The Balaban J connectivity index is 1.32. The molecule has 7 heteroatoms. The SMILES string of the molecule is CN(C)c1nc(NCC2CCC(NC(=O)c3ccccc3Cl)CC2)nc2ccccc12. The Labute approximate surface area is 188 Å². The Morgan fingerprint density at radius 2 is 1.74 bits per heavy atom. The monoisotopic (exact) mass is 437 g/mol. The number of hydrogen-bond donors (Lipinski definition) is 2. The Hall–Kier alpha value is -2.86. The van der Waals surface area contributed by atoms with Crippen LogP contribution in [-0.2, 0) is 0 Å². The zero-order chi connectivity index (χ0) is 21.8. The van der Waals surface area contributed by atoms with Gasteiger partial charge >= 0.3 is 0 Å². The van der Waals surface area contributed by atoms with E-state index in [-0.39, 0.29) is 11.9 Å². The predicted octanol–water partition coefficient (Wildman–Crippen LogP) is 4.75. The highest BCUT2D eigenvalue weighted by atomic mass is 35.5. The topological polar surface area (TPSA) is 70.2 Å². The molecule has 1 aliphatic carbocycles. The van der Waals surface area contributed by atoms with E-state index in [4.69, 9.17) is 16.6 Å². The van der Waals surface area contributed by atoms with Crippen LogP contribution in [0.3, 0.4) is 0 Å². The van der Waals surface area contributed by atoms with Gasteiger partial charge in [0, 0.05) is 32.1 Å². The van der Waals surface area contributed by atoms with Gasteiger partial charge in [0.1, 0.15) is 5.82 Å². The number of halogens is 1. The summed E-state index contributed by atoms with van der Waals surface area (Å²) in [5.41, 5.74) is 1.48. The van der Waals surface area contributed by atoms with E-state index in [1.807, 2.05) is 55.4 Å². The molecule has 6 nitrogen and oxygen atoms in total. The third kappa shape index (κ3) is 5.07. The minimum absolute atomic E-state index is 0.0899. The molecule has 3 aromatic rings. The molecule has 162 valence electrons. The Morgan fingerprint density at radius 1 is 1.03 bits per heavy atom. The van der Waals surface area contributed by atoms with E-state index in [0.29, 0.717) is 22.5 Å². The summed E-state index contributed by atoms with van der Waals surface area (Å²) >= 11 is 6.14. The maximum atomic E-state index is 12.5. The van der Waals surface area contributed by atoms with Gasteiger partial charge in [0.25, 0.3) is 5.91 Å². The molecule has 0 atom stereocenters. The lowest BCUT2D eigenvalue weighted by molar-refractivity contribution is 0.0923. The zero-order valence-corrected chi connectivity index (χ0v) is 18.7. The first kappa shape index (κ1) is 21.4. The average molecular weight is 438 g/mol. The number of rotatable bonds is 6. The molecule has 1 heterocycles. The van der Waals surface area contributed by atoms with Gasteiger partial charge in [-0.15, -0.1) is 0 Å². The van der Waals surface area contributed by atoms with Crippen LogP contribution < -0.4 is 15.5 Å². The van der Waals surface area contributed by atoms with Crippen LogP contribution in [0, 0.1) is 5.92 Å². The minimum atomic E-state index is -0.0899. The summed E-state index contributed by atoms with van der Waals surface area (Å²) in [6, 6.07) is 15.4. The molecule has 1 aliphatic rings. The minimum Gasteiger partial charge on any atom is -0.362 e. The lowest BCUT2D eigenvalue weighted by atomic mass is 9.86. The smallest absolute Gasteiger partial charge is 0.253 e. The first-order valence-corrected chi connectivity index (χ1v) is 11.1. The summed E-state index contributed by atoms with van der Waals surface area (Å²) in [7, 11) is 3.99. The number of carbonyl (C=O) groups excluding carboxylic acids is 1. The van der Waals surface area contributed by atoms with Crippen molar-refractivity contribution >= 4 is 40.2 Å². The number of amides is 1. The van der Waals surface area contributed by atoms with Crippen molar-refractivity contribution in [3.05, 3.63) is 59.1 Å². The molecule has 0 saturated heterocycles. The van der Waals surface area contributed by atoms with E-state index in [2.05, 4.69) is 15.6 Å². The van der Waals surface area contributed by atoms with Crippen LogP contribution in [0.2, 0.25) is 5.02 Å². The van der Waals surface area contributed by atoms with Crippen LogP contribution in [0.15, 0.2) is 48.5 Å². The van der Waals surface area contributed by atoms with Gasteiger partial charge in [0.15, 0.2) is 0 Å². The van der Waals surface area contributed by atoms with E-state index >= 15 is 0 Å². The van der Waals surface area contributed by atoms with Crippen molar-refractivity contribution in [2.24, 2.45) is 5.92 Å². The molecule has 0 spiro atoms. The van der Waals surface area contributed by atoms with Gasteiger partial charge in [-0.3, -0.25) is 4.79 Å². The fourth-order valence-corrected chi connectivity index (χ4v) is 4.36. The number of para-hydroxylation sites is 1. The number of fused-ring (bicyclic) bond motifs is 1. The highest BCUT2D eigenvalue weighted by molar-refractivity contribution is 6.33. The van der Waals surface area contributed by atoms with E-state index in [9.17, 15) is 4.79 Å². The number of nitrogens with one attached hydrogen (secondary N) is 2. The van der Waals surface area contributed by atoms with Crippen LogP contribution in [0.1, 0.15) is 36.0 Å². The Kier molecular flexibility index (Phi) is 6.56. The summed E-state index contributed by atoms with van der Waals surface area (Å²) in [6.07, 6.45) is 4.03. The van der Waals surface area contributed by atoms with Gasteiger partial charge < -0.3 is 15.5 Å². The number of anilines is 2. The molecule has 4 rings (SSSR count). The highest BCUT2D eigenvalue weighted by Gasteiger charge is 2.23. The van der Waals surface area contributed by atoms with Crippen molar-refractivity contribution < 1.29 is 4.79 Å². The molecule has 1 amide bonds. The number of nitrogens with zero attached hydrogens (tertiary/aromatic N) is 3. The fraction of sp³-hybridized carbons (Fsp3) is 0.375. The first-order valence-electron chi connectivity index (χ1n) is 10.7. The molecular weight excluding hydrogens is 410 g/mol. The molecule has 0 aliphatic heterocycles. The van der Waals surface area contributed by atoms with Gasteiger partial charge in [-0.05, 0) is 55.9 Å². The molecule has 1 aromatic heterocycles. The van der Waals surface area contributed by atoms with Gasteiger partial charge in [-0.25, -0.2) is 4.98 Å². The zero-order valence-electron chi connectivity index (χ0n) is 17.9. The van der Waals surface area contributed by atoms with Gasteiger partial charge in [0.2, 0.25) is 5.95 Å². The highest BCUT2D eigenvalue weighted by Crippen LogP contribution is 2.27. The summed E-state index contributed by atoms with van der Waals surface area (Å²) in [5, 5.41) is 8.11. The van der Waals surface area contributed by atoms with Gasteiger partial charge in [-0.1, -0.05) is 35.9 Å². The van der Waals surface area contributed by atoms with Crippen LogP contribution >= 0.6 is 11.6 Å². The van der Waals surface area contributed by atoms with Crippen molar-refractivity contribution in [1.82, 2.24) is 15.3 Å². The number of aromatic nitrogens is 2. The molecular formula is C24H28ClN5O. The third-order valence-electron chi connectivity index (χ3n) is 5.86. The maximum Gasteiger partial charge on any atom is 0.253 e. The second kappa shape index (κ2) is 9.52. The number of carbonyl (C=O) groups is 1. The standard InChI is InChI=1S/C24H28ClN5O/c1-30(2)22-19-8-4-6-10-21(19)28-24(29-22)26-15-16-11-13-17(14-12-16)27-23(31)18-7-3-5-9-20(18)25/h3-10,16-17H,11-15H2,1-2H3,(H,27,31)(H,26,28,29). The van der Waals surface area contributed by atoms with Crippen LogP contribution in [0.5, 0.6) is 0 Å². The molecule has 2 aromatic carbocycles. The van der Waals surface area contributed by atoms with Crippen molar-refractivity contribution in [1.29, 1.82) is 0 Å². The second-order valence-corrected chi connectivity index (χ2v) is 8.74. The summed E-state index contributed by atoms with van der Waals surface area (Å²) in [6.45, 7) is 0.830. The van der Waals surface area contributed by atoms with Crippen molar-refractivity contribution in [2.45, 2.75) is 31.7 Å². The van der Waals surface area contributed by atoms with E-state index < -0.39 is 0 Å². The quantitative estimate of drug-likeness (QED) is 0.582. The summed E-state index contributed by atoms with van der Waals surface area (Å²) in [4.78, 5) is 23.9. The second-order valence-electron chi connectivity index (χ2n) is 8.33. The molecule has 1 fully saturated rings. The molecule has 1 saturated carbocycles. The summed E-state index contributed by atoms with van der Waals surface area (Å²) < 4.78 is 0. The van der Waals surface area contributed by atoms with E-state index in [0.717, 1.165) is 48.9 Å². The van der Waals surface area contributed by atoms with Gasteiger partial charge in [-0.2, -0.15) is 4.98 Å². The lowest BCUT2D eigenvalue weighted by Gasteiger charge is -2.29. The Bertz CT molecular complexity index is 1060. The molecule has 2 N–H and O–H groups in total. The summed E-state index contributed by atoms with van der Waals surface area (Å²) in [5.74, 6) is 2.02. The molecule has 31 heavy (non-hydrogen) atoms. The first-order chi connectivity index (χ1) is 15.0. The largest absolute Gasteiger partial charge is 0.362 e. The molecule has 0 radical (unpaired) electrons. The van der Waals surface area contributed by atoms with E-state index in [1.54, 1.807) is 12.1 Å². The molecule has 0 bridgehead atoms. The molecule has 0 unspecified atom stereocenters. The average Bonchev–Trinajstić information content (AvgIpc) is 2.78. The van der Waals surface area contributed by atoms with E-state index in [1.165, 1.54) is 0 Å². The van der Waals surface area contributed by atoms with Crippen molar-refractivity contribution in [3.63, 3.8) is 0 Å².